The maximum Gasteiger partial charge on any atom is 0.235 e. The Morgan fingerprint density at radius 2 is 1.84 bits per heavy atom. The third kappa shape index (κ3) is 4.32. The van der Waals surface area contributed by atoms with Crippen molar-refractivity contribution in [1.29, 1.82) is 0 Å². The fourth-order valence-electron chi connectivity index (χ4n) is 4.75. The summed E-state index contributed by atoms with van der Waals surface area (Å²) in [5.41, 5.74) is 2.55. The minimum atomic E-state index is -0.608. The van der Waals surface area contributed by atoms with Gasteiger partial charge in [0.1, 0.15) is 5.82 Å². The van der Waals surface area contributed by atoms with Crippen LogP contribution in [0.5, 0.6) is 0 Å². The SMILES string of the molecule is C=CC[C@@]1(C)C[C@H](c2cccc(Cl)c2)C(c2ccc(Cl)cc2)N(c2cc(C)ccn2)C1=O. The van der Waals surface area contributed by atoms with Crippen LogP contribution in [0.2, 0.25) is 10.0 Å². The summed E-state index contributed by atoms with van der Waals surface area (Å²) in [6.45, 7) is 7.95. The number of carbonyl (C=O) groups excluding carboxylic acids is 1. The van der Waals surface area contributed by atoms with E-state index in [0.717, 1.165) is 16.7 Å². The molecule has 1 aromatic heterocycles. The normalized spacial score (nSPS) is 23.2. The third-order valence-corrected chi connectivity index (χ3v) is 6.78. The van der Waals surface area contributed by atoms with E-state index in [0.29, 0.717) is 28.7 Å². The molecule has 5 heteroatoms. The summed E-state index contributed by atoms with van der Waals surface area (Å²) in [4.78, 5) is 20.5. The number of anilines is 1. The molecule has 3 aromatic rings. The number of aromatic nitrogens is 1. The van der Waals surface area contributed by atoms with Gasteiger partial charge in [-0.2, -0.15) is 0 Å². The molecule has 164 valence electrons. The summed E-state index contributed by atoms with van der Waals surface area (Å²) in [7, 11) is 0. The number of pyridine rings is 1. The smallest absolute Gasteiger partial charge is 0.235 e. The molecule has 1 saturated heterocycles. The zero-order valence-corrected chi connectivity index (χ0v) is 19.8. The molecular formula is C27H26Cl2N2O. The molecule has 0 spiro atoms. The Morgan fingerprint density at radius 1 is 1.09 bits per heavy atom. The van der Waals surface area contributed by atoms with Gasteiger partial charge in [-0.05, 0) is 72.9 Å². The van der Waals surface area contributed by atoms with Gasteiger partial charge in [0.2, 0.25) is 5.91 Å². The summed E-state index contributed by atoms with van der Waals surface area (Å²) >= 11 is 12.6. The van der Waals surface area contributed by atoms with E-state index in [1.165, 1.54) is 0 Å². The van der Waals surface area contributed by atoms with Crippen LogP contribution < -0.4 is 4.90 Å². The highest BCUT2D eigenvalue weighted by Crippen LogP contribution is 2.52. The zero-order valence-electron chi connectivity index (χ0n) is 18.3. The number of aryl methyl sites for hydroxylation is 1. The molecule has 1 unspecified atom stereocenters. The first-order chi connectivity index (χ1) is 15.3. The van der Waals surface area contributed by atoms with Crippen molar-refractivity contribution in [3.63, 3.8) is 0 Å². The van der Waals surface area contributed by atoms with Crippen LogP contribution in [0.1, 0.15) is 48.4 Å². The van der Waals surface area contributed by atoms with Crippen molar-refractivity contribution in [3.05, 3.63) is 106 Å². The Bertz CT molecular complexity index is 1140. The van der Waals surface area contributed by atoms with E-state index < -0.39 is 5.41 Å². The van der Waals surface area contributed by atoms with Crippen molar-refractivity contribution in [2.75, 3.05) is 4.90 Å². The van der Waals surface area contributed by atoms with Gasteiger partial charge < -0.3 is 0 Å². The highest BCUT2D eigenvalue weighted by Gasteiger charge is 2.50. The molecule has 0 aliphatic carbocycles. The molecule has 1 amide bonds. The molecule has 32 heavy (non-hydrogen) atoms. The molecular weight excluding hydrogens is 439 g/mol. The molecule has 4 rings (SSSR count). The van der Waals surface area contributed by atoms with Crippen LogP contribution in [0.15, 0.2) is 79.5 Å². The molecule has 2 aromatic carbocycles. The second kappa shape index (κ2) is 9.09. The maximum absolute atomic E-state index is 14.0. The summed E-state index contributed by atoms with van der Waals surface area (Å²) < 4.78 is 0. The van der Waals surface area contributed by atoms with Crippen LogP contribution in [0, 0.1) is 12.3 Å². The van der Waals surface area contributed by atoms with Gasteiger partial charge in [0.25, 0.3) is 0 Å². The summed E-state index contributed by atoms with van der Waals surface area (Å²) in [6, 6.07) is 19.3. The minimum Gasteiger partial charge on any atom is -0.288 e. The number of allylic oxidation sites excluding steroid dienone is 1. The van der Waals surface area contributed by atoms with Gasteiger partial charge in [0.05, 0.1) is 11.5 Å². The first-order valence-electron chi connectivity index (χ1n) is 10.7. The molecule has 1 aliphatic rings. The number of nitrogens with zero attached hydrogens (tertiary/aromatic N) is 2. The highest BCUT2D eigenvalue weighted by molar-refractivity contribution is 6.30. The minimum absolute atomic E-state index is 0.0137. The lowest BCUT2D eigenvalue weighted by molar-refractivity contribution is -0.131. The Morgan fingerprint density at radius 3 is 2.50 bits per heavy atom. The van der Waals surface area contributed by atoms with Gasteiger partial charge in [-0.1, -0.05) is 60.5 Å². The van der Waals surface area contributed by atoms with Crippen molar-refractivity contribution in [2.24, 2.45) is 5.41 Å². The van der Waals surface area contributed by atoms with Crippen LogP contribution in [0.4, 0.5) is 5.82 Å². The van der Waals surface area contributed by atoms with Crippen molar-refractivity contribution in [2.45, 2.75) is 38.6 Å². The first kappa shape index (κ1) is 22.6. The predicted molar refractivity (Wildman–Crippen MR) is 132 cm³/mol. The van der Waals surface area contributed by atoms with Gasteiger partial charge in [0, 0.05) is 22.2 Å². The van der Waals surface area contributed by atoms with E-state index >= 15 is 0 Å². The Kier molecular flexibility index (Phi) is 6.41. The van der Waals surface area contributed by atoms with E-state index in [1.54, 1.807) is 6.20 Å². The fourth-order valence-corrected chi connectivity index (χ4v) is 5.07. The van der Waals surface area contributed by atoms with Gasteiger partial charge in [-0.15, -0.1) is 6.58 Å². The molecule has 0 bridgehead atoms. The number of hydrogen-bond acceptors (Lipinski definition) is 2. The number of amides is 1. The molecule has 2 heterocycles. The lowest BCUT2D eigenvalue weighted by atomic mass is 9.67. The predicted octanol–water partition coefficient (Wildman–Crippen LogP) is 7.54. The molecule has 0 N–H and O–H groups in total. The van der Waals surface area contributed by atoms with Gasteiger partial charge >= 0.3 is 0 Å². The number of benzene rings is 2. The standard InChI is InChI=1S/C27H26Cl2N2O/c1-4-13-27(3)17-23(20-6-5-7-22(29)16-20)25(19-8-10-21(28)11-9-19)31(26(27)32)24-15-18(2)12-14-30-24/h4-12,14-16,23,25H,1,13,17H2,2-3H3/t23-,25?,27+/m1/s1. The van der Waals surface area contributed by atoms with E-state index in [9.17, 15) is 4.79 Å². The largest absolute Gasteiger partial charge is 0.288 e. The highest BCUT2D eigenvalue weighted by atomic mass is 35.5. The van der Waals surface area contributed by atoms with Crippen molar-refractivity contribution < 1.29 is 4.79 Å². The van der Waals surface area contributed by atoms with E-state index in [-0.39, 0.29) is 17.9 Å². The van der Waals surface area contributed by atoms with Crippen LogP contribution in [0.25, 0.3) is 0 Å². The van der Waals surface area contributed by atoms with Crippen LogP contribution in [-0.2, 0) is 4.79 Å². The molecule has 0 saturated carbocycles. The monoisotopic (exact) mass is 464 g/mol. The third-order valence-electron chi connectivity index (χ3n) is 6.30. The Hall–Kier alpha value is -2.62. The second-order valence-corrected chi connectivity index (χ2v) is 9.65. The average Bonchev–Trinajstić information content (AvgIpc) is 2.76. The zero-order chi connectivity index (χ0) is 22.9. The van der Waals surface area contributed by atoms with Crippen molar-refractivity contribution in [3.8, 4) is 0 Å². The van der Waals surface area contributed by atoms with Crippen LogP contribution in [-0.4, -0.2) is 10.9 Å². The van der Waals surface area contributed by atoms with Gasteiger partial charge in [-0.3, -0.25) is 9.69 Å². The lowest BCUT2D eigenvalue weighted by Gasteiger charge is -2.48. The second-order valence-electron chi connectivity index (χ2n) is 8.78. The molecule has 3 nitrogen and oxygen atoms in total. The molecule has 1 aliphatic heterocycles. The molecule has 3 atom stereocenters. The quantitative estimate of drug-likeness (QED) is 0.365. The van der Waals surface area contributed by atoms with Crippen molar-refractivity contribution >= 4 is 34.9 Å². The summed E-state index contributed by atoms with van der Waals surface area (Å²) in [6.07, 6.45) is 4.84. The lowest BCUT2D eigenvalue weighted by Crippen LogP contribution is -2.52. The Labute approximate surface area is 199 Å². The van der Waals surface area contributed by atoms with E-state index in [2.05, 4.69) is 17.6 Å². The van der Waals surface area contributed by atoms with Crippen LogP contribution in [0.3, 0.4) is 0 Å². The maximum atomic E-state index is 14.0. The fraction of sp³-hybridized carbons (Fsp3) is 0.259. The number of rotatable bonds is 5. The first-order valence-corrected chi connectivity index (χ1v) is 11.5. The van der Waals surface area contributed by atoms with Gasteiger partial charge in [-0.25, -0.2) is 4.98 Å². The van der Waals surface area contributed by atoms with Gasteiger partial charge in [0.15, 0.2) is 0 Å². The summed E-state index contributed by atoms with van der Waals surface area (Å²) in [5, 5.41) is 1.34. The topological polar surface area (TPSA) is 33.2 Å². The van der Waals surface area contributed by atoms with E-state index in [1.807, 2.05) is 79.4 Å². The van der Waals surface area contributed by atoms with Crippen molar-refractivity contribution in [1.82, 2.24) is 4.98 Å². The average molecular weight is 465 g/mol. The number of halogens is 2. The number of piperidine rings is 1. The van der Waals surface area contributed by atoms with E-state index in [4.69, 9.17) is 23.2 Å². The molecule has 0 radical (unpaired) electrons. The number of carbonyl (C=O) groups is 1. The van der Waals surface area contributed by atoms with Crippen LogP contribution >= 0.6 is 23.2 Å². The molecule has 1 fully saturated rings. The number of hydrogen-bond donors (Lipinski definition) is 0. The summed E-state index contributed by atoms with van der Waals surface area (Å²) in [5.74, 6) is 0.713. The Balaban J connectivity index is 1.95.